The molecule has 2 aliphatic rings. The first-order valence-electron chi connectivity index (χ1n) is 9.40. The van der Waals surface area contributed by atoms with Crippen molar-refractivity contribution < 1.29 is 9.59 Å². The van der Waals surface area contributed by atoms with Crippen molar-refractivity contribution in [3.63, 3.8) is 0 Å². The summed E-state index contributed by atoms with van der Waals surface area (Å²) in [5, 5.41) is 6.25. The summed E-state index contributed by atoms with van der Waals surface area (Å²) in [5.74, 6) is 1.22. The minimum atomic E-state index is -0.270. The maximum Gasteiger partial charge on any atom is 0.242 e. The summed E-state index contributed by atoms with van der Waals surface area (Å²) in [7, 11) is 0. The van der Waals surface area contributed by atoms with E-state index >= 15 is 0 Å². The highest BCUT2D eigenvalue weighted by atomic mass is 16.2. The van der Waals surface area contributed by atoms with Gasteiger partial charge in [0.25, 0.3) is 0 Å². The number of hydrogen-bond acceptors (Lipinski definition) is 4. The summed E-state index contributed by atoms with van der Waals surface area (Å²) in [6.45, 7) is 4.11. The van der Waals surface area contributed by atoms with Crippen molar-refractivity contribution >= 4 is 17.6 Å². The van der Waals surface area contributed by atoms with Crippen molar-refractivity contribution in [1.29, 1.82) is 0 Å². The summed E-state index contributed by atoms with van der Waals surface area (Å²) in [5.41, 5.74) is 1.13. The van der Waals surface area contributed by atoms with Crippen molar-refractivity contribution in [1.82, 2.24) is 15.2 Å². The number of carbonyl (C=O) groups is 2. The van der Waals surface area contributed by atoms with Crippen molar-refractivity contribution in [3.8, 4) is 0 Å². The Balaban J connectivity index is 1.38. The molecule has 25 heavy (non-hydrogen) atoms. The molecule has 2 heterocycles. The Labute approximate surface area is 149 Å². The van der Waals surface area contributed by atoms with Crippen molar-refractivity contribution in [2.45, 2.75) is 51.5 Å². The molecule has 2 N–H and O–H groups in total. The summed E-state index contributed by atoms with van der Waals surface area (Å²) >= 11 is 0. The van der Waals surface area contributed by atoms with Crippen LogP contribution in [0.1, 0.15) is 44.1 Å². The maximum absolute atomic E-state index is 12.5. The molecule has 1 aliphatic carbocycles. The van der Waals surface area contributed by atoms with Gasteiger partial charge in [0.2, 0.25) is 11.8 Å². The SMILES string of the molecule is Cc1ccc(NCCCNC(=O)C2CCCCN2C(=O)C2CC2)nc1. The minimum Gasteiger partial charge on any atom is -0.370 e. The zero-order valence-electron chi connectivity index (χ0n) is 15.0. The molecule has 1 atom stereocenters. The third-order valence-corrected chi connectivity index (χ3v) is 4.89. The zero-order chi connectivity index (χ0) is 17.6. The van der Waals surface area contributed by atoms with E-state index in [-0.39, 0.29) is 23.8 Å². The first-order chi connectivity index (χ1) is 12.1. The Morgan fingerprint density at radius 2 is 2.04 bits per heavy atom. The molecule has 0 radical (unpaired) electrons. The Hall–Kier alpha value is -2.11. The number of nitrogens with one attached hydrogen (secondary N) is 2. The molecule has 3 rings (SSSR count). The van der Waals surface area contributed by atoms with Gasteiger partial charge in [-0.05, 0) is 57.1 Å². The summed E-state index contributed by atoms with van der Waals surface area (Å²) in [6, 6.07) is 3.71. The van der Waals surface area contributed by atoms with Crippen LogP contribution in [0.2, 0.25) is 0 Å². The van der Waals surface area contributed by atoms with E-state index in [1.54, 1.807) is 0 Å². The monoisotopic (exact) mass is 344 g/mol. The number of likely N-dealkylation sites (tertiary alicyclic amines) is 1. The smallest absolute Gasteiger partial charge is 0.242 e. The molecule has 2 fully saturated rings. The van der Waals surface area contributed by atoms with Gasteiger partial charge in [0.1, 0.15) is 11.9 Å². The Morgan fingerprint density at radius 3 is 2.76 bits per heavy atom. The second kappa shape index (κ2) is 8.32. The van der Waals surface area contributed by atoms with Gasteiger partial charge >= 0.3 is 0 Å². The van der Waals surface area contributed by atoms with Crippen LogP contribution in [-0.2, 0) is 9.59 Å². The van der Waals surface area contributed by atoms with Crippen LogP contribution in [0.25, 0.3) is 0 Å². The number of pyridine rings is 1. The number of aryl methyl sites for hydroxylation is 1. The van der Waals surface area contributed by atoms with Crippen LogP contribution in [0.15, 0.2) is 18.3 Å². The fourth-order valence-electron chi connectivity index (χ4n) is 3.24. The van der Waals surface area contributed by atoms with Crippen molar-refractivity contribution in [3.05, 3.63) is 23.9 Å². The van der Waals surface area contributed by atoms with Gasteiger partial charge in [0.15, 0.2) is 0 Å². The van der Waals surface area contributed by atoms with E-state index in [9.17, 15) is 9.59 Å². The molecule has 2 amide bonds. The van der Waals surface area contributed by atoms with Gasteiger partial charge in [0.05, 0.1) is 0 Å². The van der Waals surface area contributed by atoms with Crippen molar-refractivity contribution in [2.75, 3.05) is 25.0 Å². The Bertz CT molecular complexity index is 598. The first-order valence-corrected chi connectivity index (χ1v) is 9.40. The van der Waals surface area contributed by atoms with Crippen LogP contribution in [0, 0.1) is 12.8 Å². The molecule has 0 spiro atoms. The average molecular weight is 344 g/mol. The Kier molecular flexibility index (Phi) is 5.89. The third kappa shape index (κ3) is 4.94. The lowest BCUT2D eigenvalue weighted by molar-refractivity contribution is -0.143. The maximum atomic E-state index is 12.5. The molecule has 1 unspecified atom stereocenters. The van der Waals surface area contributed by atoms with E-state index in [1.165, 1.54) is 0 Å². The van der Waals surface area contributed by atoms with Gasteiger partial charge in [0, 0.05) is 31.7 Å². The highest BCUT2D eigenvalue weighted by Crippen LogP contribution is 2.33. The first kappa shape index (κ1) is 17.7. The molecule has 6 heteroatoms. The molecule has 1 saturated carbocycles. The fraction of sp³-hybridized carbons (Fsp3) is 0.632. The van der Waals surface area contributed by atoms with Gasteiger partial charge in [-0.15, -0.1) is 0 Å². The van der Waals surface area contributed by atoms with Gasteiger partial charge in [-0.2, -0.15) is 0 Å². The van der Waals surface area contributed by atoms with Crippen LogP contribution in [0.5, 0.6) is 0 Å². The molecule has 1 aliphatic heterocycles. The molecule has 1 aromatic rings. The molecular formula is C19H28N4O2. The number of rotatable bonds is 7. The lowest BCUT2D eigenvalue weighted by Gasteiger charge is -2.35. The summed E-state index contributed by atoms with van der Waals surface area (Å²) in [6.07, 6.45) is 7.45. The van der Waals surface area contributed by atoms with Crippen molar-refractivity contribution in [2.24, 2.45) is 5.92 Å². The second-order valence-electron chi connectivity index (χ2n) is 7.11. The summed E-state index contributed by atoms with van der Waals surface area (Å²) in [4.78, 5) is 31.0. The topological polar surface area (TPSA) is 74.3 Å². The number of nitrogens with zero attached hydrogens (tertiary/aromatic N) is 2. The molecule has 0 aromatic carbocycles. The molecular weight excluding hydrogens is 316 g/mol. The second-order valence-corrected chi connectivity index (χ2v) is 7.11. The summed E-state index contributed by atoms with van der Waals surface area (Å²) < 4.78 is 0. The van der Waals surface area contributed by atoms with Crippen LogP contribution in [-0.4, -0.2) is 47.4 Å². The van der Waals surface area contributed by atoms with Gasteiger partial charge in [-0.3, -0.25) is 9.59 Å². The van der Waals surface area contributed by atoms with E-state index in [2.05, 4.69) is 15.6 Å². The van der Waals surface area contributed by atoms with E-state index in [4.69, 9.17) is 0 Å². The van der Waals surface area contributed by atoms with E-state index in [1.807, 2.05) is 30.2 Å². The van der Waals surface area contributed by atoms with E-state index < -0.39 is 0 Å². The normalized spacial score (nSPS) is 20.2. The highest BCUT2D eigenvalue weighted by molar-refractivity contribution is 5.89. The van der Waals surface area contributed by atoms with Crippen LogP contribution in [0.3, 0.4) is 0 Å². The lowest BCUT2D eigenvalue weighted by atomic mass is 10.0. The molecule has 1 saturated heterocycles. The van der Waals surface area contributed by atoms with E-state index in [0.717, 1.165) is 63.0 Å². The van der Waals surface area contributed by atoms with E-state index in [0.29, 0.717) is 6.54 Å². The number of anilines is 1. The molecule has 1 aromatic heterocycles. The van der Waals surface area contributed by atoms with Gasteiger partial charge in [-0.25, -0.2) is 4.98 Å². The molecule has 0 bridgehead atoms. The molecule has 136 valence electrons. The third-order valence-electron chi connectivity index (χ3n) is 4.89. The fourth-order valence-corrected chi connectivity index (χ4v) is 3.24. The number of carbonyl (C=O) groups excluding carboxylic acids is 2. The van der Waals surface area contributed by atoms with Crippen LogP contribution in [0.4, 0.5) is 5.82 Å². The largest absolute Gasteiger partial charge is 0.370 e. The minimum absolute atomic E-state index is 0.00200. The number of aromatic nitrogens is 1. The standard InChI is InChI=1S/C19H28N4O2/c1-14-6-9-17(22-13-14)20-10-4-11-21-18(24)16-5-2-3-12-23(16)19(25)15-7-8-15/h6,9,13,15-16H,2-5,7-8,10-12H2,1H3,(H,20,22)(H,21,24). The predicted molar refractivity (Wildman–Crippen MR) is 97.2 cm³/mol. The van der Waals surface area contributed by atoms with Crippen LogP contribution < -0.4 is 10.6 Å². The zero-order valence-corrected chi connectivity index (χ0v) is 15.0. The number of piperidine rings is 1. The highest BCUT2D eigenvalue weighted by Gasteiger charge is 2.39. The number of amides is 2. The van der Waals surface area contributed by atoms with Gasteiger partial charge < -0.3 is 15.5 Å². The number of hydrogen-bond donors (Lipinski definition) is 2. The van der Waals surface area contributed by atoms with Gasteiger partial charge in [-0.1, -0.05) is 6.07 Å². The molecule has 6 nitrogen and oxygen atoms in total. The average Bonchev–Trinajstić information content (AvgIpc) is 3.47. The predicted octanol–water partition coefficient (Wildman–Crippen LogP) is 2.10. The Morgan fingerprint density at radius 1 is 1.20 bits per heavy atom. The lowest BCUT2D eigenvalue weighted by Crippen LogP contribution is -2.52. The quantitative estimate of drug-likeness (QED) is 0.743. The van der Waals surface area contributed by atoms with Crippen LogP contribution >= 0.6 is 0 Å².